The van der Waals surface area contributed by atoms with Gasteiger partial charge in [-0.1, -0.05) is 48.5 Å². The second-order valence-electron chi connectivity index (χ2n) is 8.51. The van der Waals surface area contributed by atoms with Crippen LogP contribution in [0.2, 0.25) is 0 Å². The molecular weight excluding hydrogens is 432 g/mol. The number of fused-ring (bicyclic) bond motifs is 3. The van der Waals surface area contributed by atoms with E-state index < -0.39 is 5.97 Å². The number of carbonyl (C=O) groups excluding carboxylic acids is 2. The van der Waals surface area contributed by atoms with Gasteiger partial charge >= 0.3 is 12.1 Å². The topological polar surface area (TPSA) is 87.2 Å². The number of rotatable bonds is 5. The molecule has 3 aromatic carbocycles. The molecule has 1 aliphatic heterocycles. The number of nitrogens with zero attached hydrogens (tertiary/aromatic N) is 2. The Morgan fingerprint density at radius 3 is 2.12 bits per heavy atom. The van der Waals surface area contributed by atoms with Crippen molar-refractivity contribution >= 4 is 24.0 Å². The van der Waals surface area contributed by atoms with Gasteiger partial charge in [0.15, 0.2) is 0 Å². The zero-order valence-electron chi connectivity index (χ0n) is 18.5. The summed E-state index contributed by atoms with van der Waals surface area (Å²) >= 11 is 0. The summed E-state index contributed by atoms with van der Waals surface area (Å²) in [6.07, 6.45) is 0.289. The lowest BCUT2D eigenvalue weighted by Crippen LogP contribution is -2.49. The Hall–Kier alpha value is -4.13. The van der Waals surface area contributed by atoms with Gasteiger partial charge in [-0.2, -0.15) is 0 Å². The van der Waals surface area contributed by atoms with Crippen molar-refractivity contribution in [1.82, 2.24) is 4.90 Å². The molecule has 0 spiro atoms. The third kappa shape index (κ3) is 4.01. The lowest BCUT2D eigenvalue weighted by atomic mass is 9.98. The van der Waals surface area contributed by atoms with Crippen molar-refractivity contribution in [2.75, 3.05) is 37.7 Å². The molecule has 0 saturated carbocycles. The molecule has 1 amide bonds. The van der Waals surface area contributed by atoms with E-state index in [1.165, 1.54) is 28.3 Å². The summed E-state index contributed by atoms with van der Waals surface area (Å²) < 4.78 is 5.75. The maximum Gasteiger partial charge on any atom is 0.409 e. The van der Waals surface area contributed by atoms with Crippen LogP contribution in [0, 0.1) is 0 Å². The predicted molar refractivity (Wildman–Crippen MR) is 128 cm³/mol. The van der Waals surface area contributed by atoms with Crippen LogP contribution in [0.15, 0.2) is 66.7 Å². The number of carbonyl (C=O) groups is 3. The van der Waals surface area contributed by atoms with Crippen molar-refractivity contribution in [3.8, 4) is 11.1 Å². The predicted octanol–water partition coefficient (Wildman–Crippen LogP) is 4.27. The zero-order valence-corrected chi connectivity index (χ0v) is 18.5. The Morgan fingerprint density at radius 2 is 1.53 bits per heavy atom. The number of hydrogen-bond donors (Lipinski definition) is 1. The molecule has 7 heteroatoms. The number of carboxylic acids is 1. The van der Waals surface area contributed by atoms with Gasteiger partial charge in [-0.05, 0) is 40.5 Å². The number of carboxylic acid groups (broad SMARTS) is 1. The van der Waals surface area contributed by atoms with Crippen LogP contribution in [0.3, 0.4) is 0 Å². The third-order valence-electron chi connectivity index (χ3n) is 6.56. The summed E-state index contributed by atoms with van der Waals surface area (Å²) in [6.45, 7) is 2.21. The molecule has 1 saturated heterocycles. The molecule has 0 radical (unpaired) electrons. The molecule has 7 nitrogen and oxygen atoms in total. The smallest absolute Gasteiger partial charge is 0.409 e. The Bertz CT molecular complexity index is 1220. The van der Waals surface area contributed by atoms with Crippen molar-refractivity contribution in [2.24, 2.45) is 0 Å². The second-order valence-corrected chi connectivity index (χ2v) is 8.51. The van der Waals surface area contributed by atoms with Gasteiger partial charge in [-0.3, -0.25) is 4.79 Å². The van der Waals surface area contributed by atoms with Crippen LogP contribution in [-0.2, 0) is 4.74 Å². The molecule has 1 fully saturated rings. The molecule has 2 aliphatic rings. The van der Waals surface area contributed by atoms with Gasteiger partial charge in [0, 0.05) is 43.3 Å². The molecule has 0 atom stereocenters. The summed E-state index contributed by atoms with van der Waals surface area (Å²) in [7, 11) is 0. The highest BCUT2D eigenvalue weighted by Gasteiger charge is 2.30. The highest BCUT2D eigenvalue weighted by molar-refractivity contribution is 5.92. The van der Waals surface area contributed by atoms with Crippen LogP contribution in [0.1, 0.15) is 37.8 Å². The van der Waals surface area contributed by atoms with Gasteiger partial charge in [0.05, 0.1) is 5.56 Å². The lowest BCUT2D eigenvalue weighted by Gasteiger charge is -2.35. The minimum absolute atomic E-state index is 0.0122. The molecule has 172 valence electrons. The van der Waals surface area contributed by atoms with Crippen LogP contribution < -0.4 is 4.90 Å². The first kappa shape index (κ1) is 21.7. The van der Waals surface area contributed by atoms with E-state index in [1.54, 1.807) is 17.0 Å². The van der Waals surface area contributed by atoms with Gasteiger partial charge in [0.25, 0.3) is 0 Å². The average Bonchev–Trinajstić information content (AvgIpc) is 3.20. The molecule has 0 bridgehead atoms. The van der Waals surface area contributed by atoms with Gasteiger partial charge in [0.1, 0.15) is 12.9 Å². The van der Waals surface area contributed by atoms with E-state index in [0.29, 0.717) is 43.7 Å². The molecule has 1 aliphatic carbocycles. The number of amides is 1. The molecule has 1 N–H and O–H groups in total. The van der Waals surface area contributed by atoms with Crippen molar-refractivity contribution in [3.63, 3.8) is 0 Å². The van der Waals surface area contributed by atoms with Gasteiger partial charge in [-0.25, -0.2) is 9.59 Å². The van der Waals surface area contributed by atoms with Crippen molar-refractivity contribution in [1.29, 1.82) is 0 Å². The highest BCUT2D eigenvalue weighted by Crippen LogP contribution is 2.44. The summed E-state index contributed by atoms with van der Waals surface area (Å²) in [6, 6.07) is 21.0. The molecule has 5 rings (SSSR count). The van der Waals surface area contributed by atoms with Gasteiger partial charge in [0.2, 0.25) is 0 Å². The lowest BCUT2D eigenvalue weighted by molar-refractivity contribution is 0.0696. The van der Waals surface area contributed by atoms with E-state index >= 15 is 0 Å². The molecule has 0 aromatic heterocycles. The maximum absolute atomic E-state index is 12.8. The van der Waals surface area contributed by atoms with Crippen molar-refractivity contribution in [2.45, 2.75) is 5.92 Å². The normalized spacial score (nSPS) is 14.9. The van der Waals surface area contributed by atoms with Crippen molar-refractivity contribution in [3.05, 3.63) is 89.0 Å². The largest absolute Gasteiger partial charge is 0.478 e. The van der Waals surface area contributed by atoms with Crippen LogP contribution >= 0.6 is 0 Å². The maximum atomic E-state index is 12.8. The summed E-state index contributed by atoms with van der Waals surface area (Å²) in [5.41, 5.74) is 5.76. The Labute approximate surface area is 197 Å². The number of anilines is 1. The number of piperazine rings is 1. The fourth-order valence-electron chi connectivity index (χ4n) is 4.84. The molecule has 34 heavy (non-hydrogen) atoms. The number of benzene rings is 3. The van der Waals surface area contributed by atoms with Crippen LogP contribution in [0.4, 0.5) is 10.5 Å². The second kappa shape index (κ2) is 9.02. The van der Waals surface area contributed by atoms with E-state index in [9.17, 15) is 19.5 Å². The van der Waals surface area contributed by atoms with Crippen LogP contribution in [-0.4, -0.2) is 61.1 Å². The number of hydrogen-bond acceptors (Lipinski definition) is 5. The standard InChI is InChI=1S/C27H24N2O5/c30-16-18-13-19(26(31)32)15-20(14-18)28-9-11-29(12-10-28)27(33)34-17-25-23-7-3-1-5-21(23)22-6-2-4-8-24(22)25/h1-8,13-16,25H,9-12,17H2,(H,31,32). The quantitative estimate of drug-likeness (QED) is 0.577. The van der Waals surface area contributed by atoms with Gasteiger partial charge < -0.3 is 19.6 Å². The average molecular weight is 456 g/mol. The zero-order chi connectivity index (χ0) is 23.7. The van der Waals surface area contributed by atoms with E-state index in [2.05, 4.69) is 24.3 Å². The molecule has 1 heterocycles. The van der Waals surface area contributed by atoms with E-state index in [1.807, 2.05) is 29.2 Å². The fourth-order valence-corrected chi connectivity index (χ4v) is 4.84. The van der Waals surface area contributed by atoms with Crippen molar-refractivity contribution < 1.29 is 24.2 Å². The summed E-state index contributed by atoms with van der Waals surface area (Å²) in [4.78, 5) is 39.1. The molecule has 3 aromatic rings. The first-order chi connectivity index (χ1) is 16.5. The van der Waals surface area contributed by atoms with Crippen LogP contribution in [0.5, 0.6) is 0 Å². The number of aromatic carboxylic acids is 1. The van der Waals surface area contributed by atoms with E-state index in [0.717, 1.165) is 0 Å². The minimum atomic E-state index is -1.08. The SMILES string of the molecule is O=Cc1cc(C(=O)O)cc(N2CCN(C(=O)OCC3c4ccccc4-c4ccccc43)CC2)c1. The number of ether oxygens (including phenoxy) is 1. The molecular formula is C27H24N2O5. The molecule has 0 unspecified atom stereocenters. The van der Waals surface area contributed by atoms with E-state index in [4.69, 9.17) is 4.74 Å². The highest BCUT2D eigenvalue weighted by atomic mass is 16.6. The van der Waals surface area contributed by atoms with Crippen LogP contribution in [0.25, 0.3) is 11.1 Å². The third-order valence-corrected chi connectivity index (χ3v) is 6.56. The van der Waals surface area contributed by atoms with Gasteiger partial charge in [-0.15, -0.1) is 0 Å². The summed E-state index contributed by atoms with van der Waals surface area (Å²) in [5.74, 6) is -1.07. The van der Waals surface area contributed by atoms with E-state index in [-0.39, 0.29) is 24.2 Å². The fraction of sp³-hybridized carbons (Fsp3) is 0.222. The minimum Gasteiger partial charge on any atom is -0.478 e. The Morgan fingerprint density at radius 1 is 0.912 bits per heavy atom. The first-order valence-corrected chi connectivity index (χ1v) is 11.2. The Balaban J connectivity index is 1.23. The summed E-state index contributed by atoms with van der Waals surface area (Å²) in [5, 5.41) is 9.31. The number of aldehydes is 1. The monoisotopic (exact) mass is 456 g/mol. The first-order valence-electron chi connectivity index (χ1n) is 11.2. The Kier molecular flexibility index (Phi) is 5.76.